The first kappa shape index (κ1) is 12.3. The first-order valence-electron chi connectivity index (χ1n) is 4.85. The molecule has 1 aromatic carbocycles. The van der Waals surface area contributed by atoms with Crippen LogP contribution in [0.5, 0.6) is 0 Å². The molecule has 0 fully saturated rings. The van der Waals surface area contributed by atoms with Gasteiger partial charge in [0.25, 0.3) is 0 Å². The monoisotopic (exact) mass is 263 g/mol. The Bertz CT molecular complexity index is 521. The Labute approximate surface area is 101 Å². The zero-order valence-corrected chi connectivity index (χ0v) is 9.42. The van der Waals surface area contributed by atoms with Gasteiger partial charge in [-0.15, -0.1) is 0 Å². The molecule has 0 unspecified atom stereocenters. The number of ether oxygens (including phenoxy) is 1. The van der Waals surface area contributed by atoms with Gasteiger partial charge in [-0.25, -0.2) is 0 Å². The number of hydrogen-bond acceptors (Lipinski definition) is 1. The number of rotatable bonds is 3. The lowest BCUT2D eigenvalue weighted by Crippen LogP contribution is -2.18. The molecule has 0 atom stereocenters. The summed E-state index contributed by atoms with van der Waals surface area (Å²) >= 11 is 5.97. The highest BCUT2D eigenvalue weighted by Gasteiger charge is 2.27. The SMILES string of the molecule is FC(F)(F)COCn1ccc2cccc(Cl)c21. The van der Waals surface area contributed by atoms with E-state index in [4.69, 9.17) is 11.6 Å². The Kier molecular flexibility index (Phi) is 3.31. The van der Waals surface area contributed by atoms with Crippen LogP contribution < -0.4 is 0 Å². The van der Waals surface area contributed by atoms with Crippen LogP contribution in [0.1, 0.15) is 0 Å². The fourth-order valence-electron chi connectivity index (χ4n) is 1.58. The van der Waals surface area contributed by atoms with Crippen molar-refractivity contribution < 1.29 is 17.9 Å². The van der Waals surface area contributed by atoms with Crippen molar-refractivity contribution in [2.24, 2.45) is 0 Å². The van der Waals surface area contributed by atoms with Gasteiger partial charge in [0.1, 0.15) is 13.3 Å². The van der Waals surface area contributed by atoms with E-state index in [1.165, 1.54) is 0 Å². The molecule has 0 spiro atoms. The molecule has 0 radical (unpaired) electrons. The smallest absolute Gasteiger partial charge is 0.351 e. The Hall–Kier alpha value is -1.20. The molecule has 0 saturated carbocycles. The number of benzene rings is 1. The molecule has 0 amide bonds. The van der Waals surface area contributed by atoms with Gasteiger partial charge >= 0.3 is 6.18 Å². The number of para-hydroxylation sites is 1. The van der Waals surface area contributed by atoms with Crippen LogP contribution in [0.2, 0.25) is 5.02 Å². The van der Waals surface area contributed by atoms with E-state index in [-0.39, 0.29) is 6.73 Å². The van der Waals surface area contributed by atoms with Gasteiger partial charge in [0, 0.05) is 11.6 Å². The highest BCUT2D eigenvalue weighted by atomic mass is 35.5. The van der Waals surface area contributed by atoms with Crippen molar-refractivity contribution in [1.82, 2.24) is 4.57 Å². The summed E-state index contributed by atoms with van der Waals surface area (Å²) in [4.78, 5) is 0. The van der Waals surface area contributed by atoms with E-state index in [0.29, 0.717) is 10.5 Å². The predicted octanol–water partition coefficient (Wildman–Crippen LogP) is 3.83. The van der Waals surface area contributed by atoms with Crippen LogP contribution in [0.3, 0.4) is 0 Å². The number of halogens is 4. The zero-order chi connectivity index (χ0) is 12.5. The van der Waals surface area contributed by atoms with Crippen LogP contribution in [0.15, 0.2) is 30.5 Å². The van der Waals surface area contributed by atoms with E-state index >= 15 is 0 Å². The molecule has 2 rings (SSSR count). The molecule has 2 aromatic rings. The summed E-state index contributed by atoms with van der Waals surface area (Å²) in [6.07, 6.45) is -2.67. The van der Waals surface area contributed by atoms with Gasteiger partial charge in [0.2, 0.25) is 0 Å². The average Bonchev–Trinajstić information content (AvgIpc) is 2.61. The minimum atomic E-state index is -4.31. The van der Waals surface area contributed by atoms with Gasteiger partial charge in [0.05, 0.1) is 10.5 Å². The largest absolute Gasteiger partial charge is 0.411 e. The molecule has 0 bridgehead atoms. The number of hydrogen-bond donors (Lipinski definition) is 0. The molecular weight excluding hydrogens is 255 g/mol. The van der Waals surface area contributed by atoms with E-state index < -0.39 is 12.8 Å². The third-order valence-corrected chi connectivity index (χ3v) is 2.54. The number of nitrogens with zero attached hydrogens (tertiary/aromatic N) is 1. The minimum absolute atomic E-state index is 0.174. The van der Waals surface area contributed by atoms with Crippen LogP contribution in [-0.2, 0) is 11.5 Å². The molecule has 0 aliphatic carbocycles. The topological polar surface area (TPSA) is 14.2 Å². The van der Waals surface area contributed by atoms with Crippen LogP contribution in [0.25, 0.3) is 10.9 Å². The minimum Gasteiger partial charge on any atom is -0.351 e. The van der Waals surface area contributed by atoms with E-state index in [9.17, 15) is 13.2 Å². The van der Waals surface area contributed by atoms with Crippen LogP contribution in [0.4, 0.5) is 13.2 Å². The van der Waals surface area contributed by atoms with Crippen molar-refractivity contribution in [2.75, 3.05) is 6.61 Å². The Morgan fingerprint density at radius 2 is 2.00 bits per heavy atom. The van der Waals surface area contributed by atoms with Crippen molar-refractivity contribution in [2.45, 2.75) is 12.9 Å². The molecule has 0 aliphatic heterocycles. The van der Waals surface area contributed by atoms with Crippen molar-refractivity contribution in [3.05, 3.63) is 35.5 Å². The van der Waals surface area contributed by atoms with E-state index in [2.05, 4.69) is 4.74 Å². The van der Waals surface area contributed by atoms with Crippen molar-refractivity contribution in [1.29, 1.82) is 0 Å². The maximum atomic E-state index is 11.9. The molecular formula is C11H9ClF3NO. The molecule has 1 aromatic heterocycles. The van der Waals surface area contributed by atoms with Gasteiger partial charge in [-0.2, -0.15) is 13.2 Å². The van der Waals surface area contributed by atoms with E-state index in [1.54, 1.807) is 29.0 Å². The summed E-state index contributed by atoms with van der Waals surface area (Å²) in [6.45, 7) is -1.44. The number of alkyl halides is 3. The highest BCUT2D eigenvalue weighted by Crippen LogP contribution is 2.24. The molecule has 0 N–H and O–H groups in total. The lowest BCUT2D eigenvalue weighted by atomic mass is 10.2. The number of fused-ring (bicyclic) bond motifs is 1. The maximum Gasteiger partial charge on any atom is 0.411 e. The third kappa shape index (κ3) is 2.92. The standard InChI is InChI=1S/C11H9ClF3NO/c12-9-3-1-2-8-4-5-16(10(8)9)7-17-6-11(13,14)15/h1-5H,6-7H2. The van der Waals surface area contributed by atoms with Crippen molar-refractivity contribution in [3.63, 3.8) is 0 Å². The Morgan fingerprint density at radius 3 is 2.71 bits per heavy atom. The predicted molar refractivity (Wildman–Crippen MR) is 59.0 cm³/mol. The quantitative estimate of drug-likeness (QED) is 0.821. The number of aromatic nitrogens is 1. The summed E-state index contributed by atoms with van der Waals surface area (Å²) < 4.78 is 41.9. The summed E-state index contributed by atoms with van der Waals surface area (Å²) in [7, 11) is 0. The average molecular weight is 264 g/mol. The second-order valence-corrected chi connectivity index (χ2v) is 3.96. The van der Waals surface area contributed by atoms with E-state index in [0.717, 1.165) is 5.39 Å². The lowest BCUT2D eigenvalue weighted by Gasteiger charge is -2.09. The summed E-state index contributed by atoms with van der Waals surface area (Å²) in [6, 6.07) is 7.08. The van der Waals surface area contributed by atoms with Gasteiger partial charge in [0.15, 0.2) is 0 Å². The second kappa shape index (κ2) is 4.58. The van der Waals surface area contributed by atoms with Crippen LogP contribution in [0, 0.1) is 0 Å². The molecule has 0 saturated heterocycles. The third-order valence-electron chi connectivity index (χ3n) is 2.24. The zero-order valence-electron chi connectivity index (χ0n) is 8.67. The molecule has 92 valence electrons. The van der Waals surface area contributed by atoms with Crippen molar-refractivity contribution in [3.8, 4) is 0 Å². The van der Waals surface area contributed by atoms with Gasteiger partial charge in [-0.05, 0) is 12.1 Å². The first-order valence-corrected chi connectivity index (χ1v) is 5.23. The van der Waals surface area contributed by atoms with E-state index in [1.807, 2.05) is 6.07 Å². The molecule has 2 nitrogen and oxygen atoms in total. The summed E-state index contributed by atoms with van der Waals surface area (Å²) in [5, 5.41) is 1.36. The fraction of sp³-hybridized carbons (Fsp3) is 0.273. The molecule has 1 heterocycles. The molecule has 0 aliphatic rings. The normalized spacial score (nSPS) is 12.2. The Morgan fingerprint density at radius 1 is 1.24 bits per heavy atom. The van der Waals surface area contributed by atoms with Crippen molar-refractivity contribution >= 4 is 22.5 Å². The lowest BCUT2D eigenvalue weighted by molar-refractivity contribution is -0.181. The van der Waals surface area contributed by atoms with Gasteiger partial charge in [-0.1, -0.05) is 23.7 Å². The summed E-state index contributed by atoms with van der Waals surface area (Å²) in [5.74, 6) is 0. The molecule has 17 heavy (non-hydrogen) atoms. The Balaban J connectivity index is 2.14. The fourth-order valence-corrected chi connectivity index (χ4v) is 1.87. The maximum absolute atomic E-state index is 11.9. The highest BCUT2D eigenvalue weighted by molar-refractivity contribution is 6.35. The van der Waals surface area contributed by atoms with Gasteiger partial charge < -0.3 is 9.30 Å². The van der Waals surface area contributed by atoms with Gasteiger partial charge in [-0.3, -0.25) is 0 Å². The first-order chi connectivity index (χ1) is 7.97. The molecule has 6 heteroatoms. The second-order valence-electron chi connectivity index (χ2n) is 3.56. The summed E-state index contributed by atoms with van der Waals surface area (Å²) in [5.41, 5.74) is 0.677. The van der Waals surface area contributed by atoms with Crippen LogP contribution in [-0.4, -0.2) is 17.4 Å². The van der Waals surface area contributed by atoms with Crippen LogP contribution >= 0.6 is 11.6 Å².